The van der Waals surface area contributed by atoms with Crippen molar-refractivity contribution in [1.29, 1.82) is 0 Å². The van der Waals surface area contributed by atoms with Gasteiger partial charge in [0.15, 0.2) is 0 Å². The third-order valence-electron chi connectivity index (χ3n) is 5.01. The lowest BCUT2D eigenvalue weighted by atomic mass is 9.92. The Balaban J connectivity index is 1.60. The van der Waals surface area contributed by atoms with Gasteiger partial charge in [0.2, 0.25) is 11.8 Å². The maximum atomic E-state index is 12.7. The molecule has 5 nitrogen and oxygen atoms in total. The van der Waals surface area contributed by atoms with E-state index < -0.39 is 0 Å². The number of nitrogens with zero attached hydrogens (tertiary/aromatic N) is 2. The molecule has 1 aromatic heterocycles. The molecule has 0 radical (unpaired) electrons. The average Bonchev–Trinajstić information content (AvgIpc) is 3.17. The summed E-state index contributed by atoms with van der Waals surface area (Å²) in [6, 6.07) is 1.78. The molecule has 1 saturated heterocycles. The van der Waals surface area contributed by atoms with Crippen molar-refractivity contribution in [2.24, 2.45) is 5.92 Å². The Morgan fingerprint density at radius 3 is 2.88 bits per heavy atom. The van der Waals surface area contributed by atoms with Crippen molar-refractivity contribution in [2.75, 3.05) is 18.4 Å². The number of anilines is 1. The maximum Gasteiger partial charge on any atom is 0.244 e. The van der Waals surface area contributed by atoms with E-state index in [0.717, 1.165) is 31.6 Å². The molecule has 2 heterocycles. The molecule has 0 aromatic carbocycles. The van der Waals surface area contributed by atoms with Gasteiger partial charge in [-0.2, -0.15) is 0 Å². The van der Waals surface area contributed by atoms with E-state index in [1.807, 2.05) is 6.07 Å². The highest BCUT2D eigenvalue weighted by atomic mass is 16.5. The monoisotopic (exact) mass is 331 g/mol. The molecule has 1 aromatic rings. The van der Waals surface area contributed by atoms with Crippen molar-refractivity contribution >= 4 is 11.8 Å². The minimum Gasteiger partial charge on any atom is -0.338 e. The van der Waals surface area contributed by atoms with E-state index in [-0.39, 0.29) is 17.4 Å². The van der Waals surface area contributed by atoms with Gasteiger partial charge in [-0.05, 0) is 44.6 Å². The van der Waals surface area contributed by atoms with Gasteiger partial charge < -0.3 is 4.52 Å². The molecule has 0 saturated carbocycles. The normalized spacial score (nSPS) is 25.1. The van der Waals surface area contributed by atoms with Gasteiger partial charge in [-0.25, -0.2) is 0 Å². The Morgan fingerprint density at radius 2 is 2.21 bits per heavy atom. The number of hydrogen-bond donors (Lipinski definition) is 1. The second-order valence-electron chi connectivity index (χ2n) is 8.09. The van der Waals surface area contributed by atoms with Crippen LogP contribution in [-0.4, -0.2) is 35.1 Å². The van der Waals surface area contributed by atoms with E-state index >= 15 is 0 Å². The summed E-state index contributed by atoms with van der Waals surface area (Å²) in [5.74, 6) is 1.07. The summed E-state index contributed by atoms with van der Waals surface area (Å²) >= 11 is 0. The van der Waals surface area contributed by atoms with E-state index in [1.54, 1.807) is 0 Å². The first-order valence-corrected chi connectivity index (χ1v) is 9.12. The molecule has 0 bridgehead atoms. The van der Waals surface area contributed by atoms with Crippen LogP contribution in [0.2, 0.25) is 0 Å². The topological polar surface area (TPSA) is 58.4 Å². The molecule has 2 aliphatic rings. The Kier molecular flexibility index (Phi) is 5.09. The molecule has 3 rings (SSSR count). The maximum absolute atomic E-state index is 12.7. The average molecular weight is 331 g/mol. The van der Waals surface area contributed by atoms with Gasteiger partial charge in [0, 0.05) is 18.0 Å². The molecule has 2 atom stereocenters. The molecule has 5 heteroatoms. The quantitative estimate of drug-likeness (QED) is 0.854. The van der Waals surface area contributed by atoms with Crippen LogP contribution in [0.15, 0.2) is 22.7 Å². The summed E-state index contributed by atoms with van der Waals surface area (Å²) in [5, 5.41) is 6.98. The second kappa shape index (κ2) is 7.09. The Bertz CT molecular complexity index is 600. The highest BCUT2D eigenvalue weighted by Gasteiger charge is 2.32. The Labute approximate surface area is 144 Å². The lowest BCUT2D eigenvalue weighted by Gasteiger charge is -2.27. The van der Waals surface area contributed by atoms with Crippen LogP contribution in [0.25, 0.3) is 0 Å². The second-order valence-corrected chi connectivity index (χ2v) is 8.09. The zero-order chi connectivity index (χ0) is 17.2. The number of hydrogen-bond acceptors (Lipinski definition) is 4. The van der Waals surface area contributed by atoms with Crippen LogP contribution in [0, 0.1) is 5.92 Å². The van der Waals surface area contributed by atoms with Crippen molar-refractivity contribution in [3.8, 4) is 0 Å². The van der Waals surface area contributed by atoms with E-state index in [2.05, 4.69) is 48.3 Å². The SMILES string of the molecule is CC(C)(C)c1cc(NC(=O)C2CCCN2CC2C=CCCC2)on1. The first-order chi connectivity index (χ1) is 11.4. The molecular weight excluding hydrogens is 302 g/mol. The van der Waals surface area contributed by atoms with Crippen molar-refractivity contribution in [3.05, 3.63) is 23.9 Å². The third-order valence-corrected chi connectivity index (χ3v) is 5.01. The van der Waals surface area contributed by atoms with Crippen molar-refractivity contribution in [1.82, 2.24) is 10.1 Å². The third kappa shape index (κ3) is 4.07. The summed E-state index contributed by atoms with van der Waals surface area (Å²) < 4.78 is 5.29. The van der Waals surface area contributed by atoms with Crippen LogP contribution in [0.1, 0.15) is 58.6 Å². The zero-order valence-electron chi connectivity index (χ0n) is 15.0. The van der Waals surface area contributed by atoms with Gasteiger partial charge >= 0.3 is 0 Å². The highest BCUT2D eigenvalue weighted by Crippen LogP contribution is 2.26. The molecular formula is C19H29N3O2. The van der Waals surface area contributed by atoms with Gasteiger partial charge in [-0.1, -0.05) is 38.1 Å². The number of carbonyl (C=O) groups excluding carboxylic acids is 1. The summed E-state index contributed by atoms with van der Waals surface area (Å²) in [7, 11) is 0. The molecule has 1 N–H and O–H groups in total. The fourth-order valence-electron chi connectivity index (χ4n) is 3.57. The predicted octanol–water partition coefficient (Wildman–Crippen LogP) is 3.73. The molecule has 132 valence electrons. The minimum absolute atomic E-state index is 0.0314. The van der Waals surface area contributed by atoms with Crippen LogP contribution >= 0.6 is 0 Å². The summed E-state index contributed by atoms with van der Waals surface area (Å²) in [6.07, 6.45) is 10.3. The van der Waals surface area contributed by atoms with Gasteiger partial charge in [-0.3, -0.25) is 15.0 Å². The van der Waals surface area contributed by atoms with Crippen LogP contribution in [0.5, 0.6) is 0 Å². The molecule has 1 aliphatic carbocycles. The van der Waals surface area contributed by atoms with Crippen molar-refractivity contribution in [2.45, 2.75) is 64.3 Å². The molecule has 1 aliphatic heterocycles. The van der Waals surface area contributed by atoms with Gasteiger partial charge in [0.05, 0.1) is 11.7 Å². The zero-order valence-corrected chi connectivity index (χ0v) is 15.0. The van der Waals surface area contributed by atoms with Crippen molar-refractivity contribution < 1.29 is 9.32 Å². The van der Waals surface area contributed by atoms with Crippen molar-refractivity contribution in [3.63, 3.8) is 0 Å². The smallest absolute Gasteiger partial charge is 0.244 e. The van der Waals surface area contributed by atoms with E-state index in [4.69, 9.17) is 4.52 Å². The largest absolute Gasteiger partial charge is 0.338 e. The Morgan fingerprint density at radius 1 is 1.38 bits per heavy atom. The van der Waals surface area contributed by atoms with E-state index in [0.29, 0.717) is 11.8 Å². The lowest BCUT2D eigenvalue weighted by molar-refractivity contribution is -0.120. The number of nitrogens with one attached hydrogen (secondary N) is 1. The number of rotatable bonds is 4. The Hall–Kier alpha value is -1.62. The summed E-state index contributed by atoms with van der Waals surface area (Å²) in [6.45, 7) is 8.22. The van der Waals surface area contributed by atoms with Gasteiger partial charge in [0.25, 0.3) is 0 Å². The number of carbonyl (C=O) groups is 1. The summed E-state index contributed by atoms with van der Waals surface area (Å²) in [4.78, 5) is 15.0. The molecule has 1 amide bonds. The molecule has 2 unspecified atom stereocenters. The summed E-state index contributed by atoms with van der Waals surface area (Å²) in [5.41, 5.74) is 0.771. The number of allylic oxidation sites excluding steroid dienone is 1. The van der Waals surface area contributed by atoms with E-state index in [1.165, 1.54) is 19.3 Å². The number of amides is 1. The highest BCUT2D eigenvalue weighted by molar-refractivity contribution is 5.93. The van der Waals surface area contributed by atoms with Gasteiger partial charge in [0.1, 0.15) is 0 Å². The fraction of sp³-hybridized carbons (Fsp3) is 0.684. The molecule has 0 spiro atoms. The first-order valence-electron chi connectivity index (χ1n) is 9.12. The predicted molar refractivity (Wildman–Crippen MR) is 94.9 cm³/mol. The van der Waals surface area contributed by atoms with Crippen LogP contribution in [0.4, 0.5) is 5.88 Å². The van der Waals surface area contributed by atoms with Crippen LogP contribution in [-0.2, 0) is 10.2 Å². The van der Waals surface area contributed by atoms with Crippen LogP contribution in [0.3, 0.4) is 0 Å². The fourth-order valence-corrected chi connectivity index (χ4v) is 3.57. The molecule has 1 fully saturated rings. The lowest BCUT2D eigenvalue weighted by Crippen LogP contribution is -2.41. The van der Waals surface area contributed by atoms with Crippen LogP contribution < -0.4 is 5.32 Å². The van der Waals surface area contributed by atoms with E-state index in [9.17, 15) is 4.79 Å². The molecule has 24 heavy (non-hydrogen) atoms. The first kappa shape index (κ1) is 17.2. The number of aromatic nitrogens is 1. The van der Waals surface area contributed by atoms with Gasteiger partial charge in [-0.15, -0.1) is 0 Å². The standard InChI is InChI=1S/C19H29N3O2/c1-19(2,3)16-12-17(24-21-16)20-18(23)15-10-7-11-22(15)13-14-8-5-4-6-9-14/h5,8,12,14-15H,4,6-7,9-11,13H2,1-3H3,(H,20,23). The minimum atomic E-state index is -0.0841. The number of likely N-dealkylation sites (tertiary alicyclic amines) is 1.